The van der Waals surface area contributed by atoms with Gasteiger partial charge in [0.05, 0.1) is 0 Å². The number of hydrogen-bond donors (Lipinski definition) is 0. The summed E-state index contributed by atoms with van der Waals surface area (Å²) < 4.78 is 0. The zero-order chi connectivity index (χ0) is 5.54. The van der Waals surface area contributed by atoms with Crippen molar-refractivity contribution in [3.63, 3.8) is 0 Å². The van der Waals surface area contributed by atoms with E-state index in [-0.39, 0.29) is 0 Å². The largest absolute Gasteiger partial charge is 0.214 e. The van der Waals surface area contributed by atoms with Crippen LogP contribution in [0.2, 0.25) is 0 Å². The summed E-state index contributed by atoms with van der Waals surface area (Å²) >= 11 is 0.847. The van der Waals surface area contributed by atoms with Crippen LogP contribution in [0.1, 0.15) is 0 Å². The fourth-order valence-electron chi connectivity index (χ4n) is 0.321. The molecule has 34 valence electrons. The average molecular weight is 166 g/mol. The van der Waals surface area contributed by atoms with Crippen LogP contribution >= 0.6 is 9.69 Å². The first-order valence-electron chi connectivity index (χ1n) is 1.93. The van der Waals surface area contributed by atoms with E-state index in [1.54, 1.807) is 0 Å². The summed E-state index contributed by atoms with van der Waals surface area (Å²) in [4.78, 5) is 0. The molecule has 0 unspecified atom stereocenters. The van der Waals surface area contributed by atoms with Gasteiger partial charge in [-0.05, 0) is 0 Å². The molecule has 0 fully saturated rings. The molecule has 0 amide bonds. The molecule has 1 rings (SSSR count). The van der Waals surface area contributed by atoms with Gasteiger partial charge in [-0.2, -0.15) is 18.2 Å². The first-order chi connectivity index (χ1) is 3.50. The Morgan fingerprint density at radius 1 is 1.14 bits per heavy atom. The van der Waals surface area contributed by atoms with E-state index in [0.717, 1.165) is 17.3 Å². The van der Waals surface area contributed by atoms with Crippen molar-refractivity contribution in [3.8, 4) is 0 Å². The van der Waals surface area contributed by atoms with Crippen molar-refractivity contribution in [3.05, 3.63) is 30.3 Å². The zero-order valence-electron chi connectivity index (χ0n) is 3.97. The molecule has 0 aliphatic rings. The van der Waals surface area contributed by atoms with Gasteiger partial charge in [0.2, 0.25) is 0 Å². The maximum atomic E-state index is 4.76. The summed E-state index contributed by atoms with van der Waals surface area (Å²) in [6.45, 7) is 0. The van der Waals surface area contributed by atoms with E-state index in [0.29, 0.717) is 0 Å². The Labute approximate surface area is 57.6 Å². The second-order valence-electron chi connectivity index (χ2n) is 0.962. The first-order valence-corrected chi connectivity index (χ1v) is 5.83. The van der Waals surface area contributed by atoms with Crippen LogP contribution in [-0.2, 0) is 17.3 Å². The third kappa shape index (κ3) is 4.11. The molecule has 0 aliphatic heterocycles. The minimum Gasteiger partial charge on any atom is -0.214 e. The van der Waals surface area contributed by atoms with Crippen LogP contribution in [0, 0.1) is 0 Å². The minimum absolute atomic E-state index is 0.847. The van der Waals surface area contributed by atoms with Crippen LogP contribution in [0.25, 0.3) is 0 Å². The smallest absolute Gasteiger partial charge is 0.172 e. The average Bonchev–Trinajstić information content (AvgIpc) is 2.23. The van der Waals surface area contributed by atoms with E-state index in [2.05, 4.69) is 0 Å². The molecule has 0 radical (unpaired) electrons. The van der Waals surface area contributed by atoms with Gasteiger partial charge in [-0.15, -0.1) is 0 Å². The van der Waals surface area contributed by atoms with Gasteiger partial charge in [-0.25, -0.2) is 12.1 Å². The third-order valence-electron chi connectivity index (χ3n) is 0.556. The Balaban J connectivity index is 0.000000162. The second-order valence-corrected chi connectivity index (χ2v) is 0.962. The van der Waals surface area contributed by atoms with Crippen molar-refractivity contribution in [2.45, 2.75) is 0 Å². The van der Waals surface area contributed by atoms with Crippen molar-refractivity contribution in [1.29, 1.82) is 0 Å². The monoisotopic (exact) mass is 164 g/mol. The van der Waals surface area contributed by atoms with E-state index >= 15 is 0 Å². The van der Waals surface area contributed by atoms with Gasteiger partial charge in [0.1, 0.15) is 0 Å². The molecule has 0 aromatic heterocycles. The Kier molecular flexibility index (Phi) is 6.50. The molecule has 0 aliphatic carbocycles. The molecule has 1 aromatic rings. The van der Waals surface area contributed by atoms with Crippen molar-refractivity contribution in [2.75, 3.05) is 0 Å². The molecule has 0 saturated heterocycles. The van der Waals surface area contributed by atoms with Crippen molar-refractivity contribution >= 4 is 9.69 Å². The summed E-state index contributed by atoms with van der Waals surface area (Å²) in [5, 5.41) is 0. The Morgan fingerprint density at radius 2 is 1.57 bits per heavy atom. The molecule has 1 aromatic carbocycles. The fraction of sp³-hybridized carbons (Fsp3) is 0. The number of halogens is 1. The Hall–Kier alpha value is 0.263. The molecule has 0 nitrogen and oxygen atoms in total. The van der Waals surface area contributed by atoms with Crippen LogP contribution < -0.4 is 0 Å². The normalized spacial score (nSPS) is 6.71. The molecule has 0 saturated carbocycles. The second kappa shape index (κ2) is 6.26. The van der Waals surface area contributed by atoms with Crippen LogP contribution in [0.15, 0.2) is 30.3 Å². The van der Waals surface area contributed by atoms with Gasteiger partial charge in [-0.3, -0.25) is 0 Å². The summed E-state index contributed by atoms with van der Waals surface area (Å²) in [7, 11) is 4.76. The predicted molar refractivity (Wildman–Crippen MR) is 27.9 cm³/mol. The maximum Gasteiger partial charge on any atom is -0.172 e. The maximum absolute atomic E-state index is 4.76. The molecule has 0 spiro atoms. The van der Waals surface area contributed by atoms with Gasteiger partial charge in [0.15, 0.2) is 0 Å². The summed E-state index contributed by atoms with van der Waals surface area (Å²) in [5.41, 5.74) is 0. The molecule has 2 heteroatoms. The predicted octanol–water partition coefficient (Wildman–Crippen LogP) is 2.09. The van der Waals surface area contributed by atoms with Gasteiger partial charge in [-0.1, -0.05) is 0 Å². The summed E-state index contributed by atoms with van der Waals surface area (Å²) in [5.74, 6) is 0. The fourth-order valence-corrected chi connectivity index (χ4v) is 0.321. The zero-order valence-corrected chi connectivity index (χ0v) is 7.69. The molecule has 7 heavy (non-hydrogen) atoms. The summed E-state index contributed by atoms with van der Waals surface area (Å²) in [6, 6.07) is 10.0. The first kappa shape index (κ1) is 7.26. The van der Waals surface area contributed by atoms with E-state index in [1.165, 1.54) is 0 Å². The topological polar surface area (TPSA) is 0 Å². The molecular weight excluding hydrogens is 161 g/mol. The number of rotatable bonds is 0. The van der Waals surface area contributed by atoms with E-state index in [1.807, 2.05) is 30.3 Å². The number of hydrogen-bond acceptors (Lipinski definition) is 0. The molecular formula is C5H5ClZn. The van der Waals surface area contributed by atoms with Crippen molar-refractivity contribution in [2.24, 2.45) is 0 Å². The Bertz CT molecular complexity index is 64.6. The molecule has 0 heterocycles. The summed E-state index contributed by atoms with van der Waals surface area (Å²) in [6.07, 6.45) is 0. The quantitative estimate of drug-likeness (QED) is 0.408. The van der Waals surface area contributed by atoms with Crippen LogP contribution in [0.4, 0.5) is 0 Å². The molecule has 0 N–H and O–H groups in total. The van der Waals surface area contributed by atoms with Crippen LogP contribution in [0.5, 0.6) is 0 Å². The Morgan fingerprint density at radius 3 is 1.71 bits per heavy atom. The van der Waals surface area contributed by atoms with Gasteiger partial charge in [0, 0.05) is 0 Å². The molecule has 0 bridgehead atoms. The van der Waals surface area contributed by atoms with E-state index in [4.69, 9.17) is 9.69 Å². The third-order valence-corrected chi connectivity index (χ3v) is 0.556. The van der Waals surface area contributed by atoms with E-state index < -0.39 is 0 Å². The van der Waals surface area contributed by atoms with Crippen molar-refractivity contribution < 1.29 is 17.3 Å². The van der Waals surface area contributed by atoms with Crippen LogP contribution in [-0.4, -0.2) is 0 Å². The van der Waals surface area contributed by atoms with Crippen LogP contribution in [0.3, 0.4) is 0 Å². The van der Waals surface area contributed by atoms with Gasteiger partial charge in [0.25, 0.3) is 0 Å². The SMILES string of the molecule is [Cl][Zn+].c1cc[cH-]c1. The van der Waals surface area contributed by atoms with Gasteiger partial charge >= 0.3 is 27.0 Å². The standard InChI is InChI=1S/C5H5.ClH.Zn/c1-2-4-5-3-1;;/h1-5H;1H;/q-1;;+2/p-1. The minimum atomic E-state index is 0.847. The van der Waals surface area contributed by atoms with Gasteiger partial charge < -0.3 is 0 Å². The molecule has 0 atom stereocenters. The van der Waals surface area contributed by atoms with E-state index in [9.17, 15) is 0 Å². The van der Waals surface area contributed by atoms with Crippen molar-refractivity contribution in [1.82, 2.24) is 0 Å².